The number of benzene rings is 1. The van der Waals surface area contributed by atoms with Gasteiger partial charge in [-0.05, 0) is 57.0 Å². The topological polar surface area (TPSA) is 132 Å². The number of rotatable bonds is 9. The molecule has 0 radical (unpaired) electrons. The van der Waals surface area contributed by atoms with Crippen molar-refractivity contribution >= 4 is 39.3 Å². The number of sulfonamides is 1. The lowest BCUT2D eigenvalue weighted by Gasteiger charge is -2.13. The van der Waals surface area contributed by atoms with Crippen LogP contribution in [0.3, 0.4) is 0 Å². The lowest BCUT2D eigenvalue weighted by atomic mass is 10.3. The highest BCUT2D eigenvalue weighted by atomic mass is 32.2. The molecule has 2 aromatic heterocycles. The molecule has 1 amide bonds. The summed E-state index contributed by atoms with van der Waals surface area (Å²) in [6.07, 6.45) is 5.16. The minimum absolute atomic E-state index is 0.0134. The molecule has 1 fully saturated rings. The van der Waals surface area contributed by atoms with E-state index < -0.39 is 15.3 Å². The predicted octanol–water partition coefficient (Wildman–Crippen LogP) is 2.89. The number of nitrogens with zero attached hydrogens (tertiary/aromatic N) is 5. The van der Waals surface area contributed by atoms with Gasteiger partial charge < -0.3 is 9.88 Å². The summed E-state index contributed by atoms with van der Waals surface area (Å²) in [5.74, 6) is 1.26. The smallest absolute Gasteiger partial charge is 0.264 e. The van der Waals surface area contributed by atoms with Gasteiger partial charge in [0, 0.05) is 30.5 Å². The van der Waals surface area contributed by atoms with Gasteiger partial charge in [-0.1, -0.05) is 11.8 Å². The molecule has 2 N–H and O–H groups in total. The van der Waals surface area contributed by atoms with E-state index in [0.29, 0.717) is 11.6 Å². The summed E-state index contributed by atoms with van der Waals surface area (Å²) in [4.78, 5) is 20.4. The van der Waals surface area contributed by atoms with E-state index in [4.69, 9.17) is 0 Å². The van der Waals surface area contributed by atoms with Crippen molar-refractivity contribution in [3.05, 3.63) is 48.5 Å². The molecule has 10 nitrogen and oxygen atoms in total. The zero-order chi connectivity index (χ0) is 22.7. The van der Waals surface area contributed by atoms with Crippen LogP contribution in [-0.2, 0) is 21.4 Å². The van der Waals surface area contributed by atoms with Gasteiger partial charge in [-0.2, -0.15) is 0 Å². The Morgan fingerprint density at radius 2 is 1.88 bits per heavy atom. The number of thioether (sulfide) groups is 1. The molecule has 1 unspecified atom stereocenters. The predicted molar refractivity (Wildman–Crippen MR) is 121 cm³/mol. The Labute approximate surface area is 190 Å². The first-order valence-corrected chi connectivity index (χ1v) is 12.5. The van der Waals surface area contributed by atoms with E-state index in [9.17, 15) is 13.2 Å². The number of aromatic nitrogens is 5. The second-order valence-electron chi connectivity index (χ2n) is 7.31. The molecule has 2 heterocycles. The largest absolute Gasteiger partial charge is 0.325 e. The molecule has 12 heteroatoms. The van der Waals surface area contributed by atoms with E-state index in [1.54, 1.807) is 13.0 Å². The van der Waals surface area contributed by atoms with Crippen LogP contribution in [-0.4, -0.2) is 44.3 Å². The van der Waals surface area contributed by atoms with Crippen LogP contribution in [0.4, 0.5) is 11.6 Å². The molecule has 0 bridgehead atoms. The van der Waals surface area contributed by atoms with Gasteiger partial charge in [-0.3, -0.25) is 4.79 Å². The molecule has 1 aliphatic rings. The maximum atomic E-state index is 12.7. The molecule has 3 aromatic rings. The summed E-state index contributed by atoms with van der Waals surface area (Å²) >= 11 is 1.35. The summed E-state index contributed by atoms with van der Waals surface area (Å²) in [5, 5.41) is 11.7. The van der Waals surface area contributed by atoms with Gasteiger partial charge in [-0.25, -0.2) is 23.1 Å². The second kappa shape index (κ2) is 9.25. The standard InChI is InChI=1S/C20H23N7O3S2/c1-3-27-17(14-5-6-14)24-25-20(27)31-13(2)18(28)23-15-7-9-16(10-8-15)32(29,30)26-19-21-11-4-12-22-19/h4,7-14H,3,5-6H2,1-2H3,(H,23,28)(H,21,22,26). The van der Waals surface area contributed by atoms with E-state index in [-0.39, 0.29) is 16.8 Å². The van der Waals surface area contributed by atoms with E-state index in [1.165, 1.54) is 48.4 Å². The molecule has 0 aliphatic heterocycles. The first kappa shape index (κ1) is 22.2. The lowest BCUT2D eigenvalue weighted by molar-refractivity contribution is -0.115. The highest BCUT2D eigenvalue weighted by molar-refractivity contribution is 8.00. The Bertz CT molecular complexity index is 1190. The van der Waals surface area contributed by atoms with Crippen molar-refractivity contribution in [2.75, 3.05) is 10.0 Å². The Hall–Kier alpha value is -2.99. The van der Waals surface area contributed by atoms with E-state index in [2.05, 4.69) is 34.8 Å². The lowest BCUT2D eigenvalue weighted by Crippen LogP contribution is -2.23. The fourth-order valence-electron chi connectivity index (χ4n) is 3.03. The molecule has 32 heavy (non-hydrogen) atoms. The third kappa shape index (κ3) is 5.07. The first-order valence-electron chi connectivity index (χ1n) is 10.2. The highest BCUT2D eigenvalue weighted by Crippen LogP contribution is 2.40. The monoisotopic (exact) mass is 473 g/mol. The quantitative estimate of drug-likeness (QED) is 0.454. The third-order valence-corrected chi connectivity index (χ3v) is 7.30. The van der Waals surface area contributed by atoms with Crippen molar-refractivity contribution in [3.63, 3.8) is 0 Å². The van der Waals surface area contributed by atoms with E-state index in [0.717, 1.165) is 30.4 Å². The van der Waals surface area contributed by atoms with Crippen molar-refractivity contribution in [2.45, 2.75) is 54.5 Å². The number of anilines is 2. The van der Waals surface area contributed by atoms with E-state index in [1.807, 2.05) is 6.92 Å². The fourth-order valence-corrected chi connectivity index (χ4v) is 4.91. The van der Waals surface area contributed by atoms with E-state index >= 15 is 0 Å². The third-order valence-electron chi connectivity index (χ3n) is 4.88. The highest BCUT2D eigenvalue weighted by Gasteiger charge is 2.30. The summed E-state index contributed by atoms with van der Waals surface area (Å²) in [6.45, 7) is 4.60. The number of carbonyl (C=O) groups excluding carboxylic acids is 1. The van der Waals surface area contributed by atoms with Crippen LogP contribution in [0, 0.1) is 0 Å². The number of hydrogen-bond acceptors (Lipinski definition) is 8. The average molecular weight is 474 g/mol. The number of nitrogens with one attached hydrogen (secondary N) is 2. The van der Waals surface area contributed by atoms with Crippen molar-refractivity contribution < 1.29 is 13.2 Å². The molecule has 1 atom stereocenters. The SMILES string of the molecule is CCn1c(SC(C)C(=O)Nc2ccc(S(=O)(=O)Nc3ncccn3)cc2)nnc1C1CC1. The van der Waals surface area contributed by atoms with Crippen LogP contribution in [0.15, 0.2) is 52.8 Å². The van der Waals surface area contributed by atoms with Gasteiger partial charge in [0.25, 0.3) is 10.0 Å². The molecule has 4 rings (SSSR count). The summed E-state index contributed by atoms with van der Waals surface area (Å²) < 4.78 is 29.3. The number of amides is 1. The minimum atomic E-state index is -3.83. The summed E-state index contributed by atoms with van der Waals surface area (Å²) in [5.41, 5.74) is 0.494. The van der Waals surface area contributed by atoms with Crippen molar-refractivity contribution in [1.82, 2.24) is 24.7 Å². The van der Waals surface area contributed by atoms with Crippen LogP contribution in [0.5, 0.6) is 0 Å². The van der Waals surface area contributed by atoms with Gasteiger partial charge in [0.2, 0.25) is 11.9 Å². The molecule has 1 aliphatic carbocycles. The van der Waals surface area contributed by atoms with Crippen molar-refractivity contribution in [1.29, 1.82) is 0 Å². The number of hydrogen-bond donors (Lipinski definition) is 2. The molecule has 168 valence electrons. The Morgan fingerprint density at radius 1 is 1.19 bits per heavy atom. The van der Waals surface area contributed by atoms with Gasteiger partial charge in [0.15, 0.2) is 5.16 Å². The minimum Gasteiger partial charge on any atom is -0.325 e. The zero-order valence-electron chi connectivity index (χ0n) is 17.6. The molecule has 0 saturated heterocycles. The van der Waals surface area contributed by atoms with Crippen LogP contribution >= 0.6 is 11.8 Å². The Morgan fingerprint density at radius 3 is 2.50 bits per heavy atom. The first-order chi connectivity index (χ1) is 15.4. The van der Waals surface area contributed by atoms with Crippen LogP contribution in [0.2, 0.25) is 0 Å². The molecule has 0 spiro atoms. The Balaban J connectivity index is 1.38. The average Bonchev–Trinajstić information content (AvgIpc) is 3.55. The van der Waals surface area contributed by atoms with Gasteiger partial charge in [0.05, 0.1) is 10.1 Å². The zero-order valence-corrected chi connectivity index (χ0v) is 19.2. The molecular weight excluding hydrogens is 450 g/mol. The maximum Gasteiger partial charge on any atom is 0.264 e. The van der Waals surface area contributed by atoms with Gasteiger partial charge >= 0.3 is 0 Å². The van der Waals surface area contributed by atoms with Crippen LogP contribution in [0.25, 0.3) is 0 Å². The molecule has 1 aromatic carbocycles. The van der Waals surface area contributed by atoms with Crippen LogP contribution < -0.4 is 10.0 Å². The van der Waals surface area contributed by atoms with Gasteiger partial charge in [0.1, 0.15) is 5.82 Å². The maximum absolute atomic E-state index is 12.7. The van der Waals surface area contributed by atoms with Crippen LogP contribution in [0.1, 0.15) is 38.4 Å². The molecular formula is C20H23N7O3S2. The summed E-state index contributed by atoms with van der Waals surface area (Å²) in [7, 11) is -3.83. The second-order valence-corrected chi connectivity index (χ2v) is 10.3. The summed E-state index contributed by atoms with van der Waals surface area (Å²) in [6, 6.07) is 7.49. The number of carbonyl (C=O) groups is 1. The molecule has 1 saturated carbocycles. The van der Waals surface area contributed by atoms with Crippen molar-refractivity contribution in [3.8, 4) is 0 Å². The fraction of sp³-hybridized carbons (Fsp3) is 0.350. The van der Waals surface area contributed by atoms with Crippen molar-refractivity contribution in [2.24, 2.45) is 0 Å². The Kier molecular flexibility index (Phi) is 6.42. The van der Waals surface area contributed by atoms with Gasteiger partial charge in [-0.15, -0.1) is 10.2 Å². The normalized spacial score (nSPS) is 14.7.